The third-order valence-electron chi connectivity index (χ3n) is 2.63. The maximum absolute atomic E-state index is 3.04. The largest absolute Gasteiger partial charge is 0.0614 e. The normalized spacial score (nSPS) is 10.1. The summed E-state index contributed by atoms with van der Waals surface area (Å²) in [6, 6.07) is 17.6. The van der Waals surface area contributed by atoms with Crippen molar-refractivity contribution in [3.05, 3.63) is 59.7 Å². The molecule has 0 saturated heterocycles. The molecule has 0 spiro atoms. The van der Waals surface area contributed by atoms with Crippen molar-refractivity contribution in [2.24, 2.45) is 0 Å². The zero-order valence-corrected chi connectivity index (χ0v) is 8.54. The Bertz CT molecular complexity index is 427. The maximum Gasteiger partial charge on any atom is -0.0152 e. The minimum atomic E-state index is 1.27. The van der Waals surface area contributed by atoms with Crippen LogP contribution >= 0.6 is 0 Å². The van der Waals surface area contributed by atoms with Gasteiger partial charge < -0.3 is 0 Å². The Morgan fingerprint density at radius 3 is 2.36 bits per heavy atom. The lowest BCUT2D eigenvalue weighted by molar-refractivity contribution is 1.34. The van der Waals surface area contributed by atoms with Gasteiger partial charge >= 0.3 is 0 Å². The van der Waals surface area contributed by atoms with E-state index in [9.17, 15) is 0 Å². The fraction of sp³-hybridized carbons (Fsp3) is 0.143. The summed E-state index contributed by atoms with van der Waals surface area (Å²) in [7, 11) is 0. The van der Waals surface area contributed by atoms with Crippen molar-refractivity contribution in [3.63, 3.8) is 0 Å². The number of benzene rings is 2. The van der Waals surface area contributed by atoms with Crippen molar-refractivity contribution in [1.29, 1.82) is 0 Å². The van der Waals surface area contributed by atoms with Gasteiger partial charge in [0.05, 0.1) is 0 Å². The van der Waals surface area contributed by atoms with Gasteiger partial charge in [-0.3, -0.25) is 0 Å². The fourth-order valence-corrected chi connectivity index (χ4v) is 1.63. The monoisotopic (exact) mass is 181 g/mol. The van der Waals surface area contributed by atoms with Crippen LogP contribution in [0.2, 0.25) is 0 Å². The standard InChI is InChI=1S/C14H13/c1-11-7-6-10-14(12(11)2)13-8-4-3-5-9-13/h4-10H,1-2H3. The van der Waals surface area contributed by atoms with Crippen LogP contribution in [0.4, 0.5) is 0 Å². The zero-order chi connectivity index (χ0) is 9.97. The van der Waals surface area contributed by atoms with E-state index in [2.05, 4.69) is 50.2 Å². The molecule has 0 N–H and O–H groups in total. The van der Waals surface area contributed by atoms with E-state index >= 15 is 0 Å². The average Bonchev–Trinajstić information content (AvgIpc) is 2.23. The highest BCUT2D eigenvalue weighted by molar-refractivity contribution is 5.68. The molecule has 2 aromatic rings. The summed E-state index contributed by atoms with van der Waals surface area (Å²) in [5.74, 6) is 0. The molecule has 0 atom stereocenters. The number of hydrogen-bond acceptors (Lipinski definition) is 0. The molecule has 0 nitrogen and oxygen atoms in total. The molecule has 1 radical (unpaired) electrons. The summed E-state index contributed by atoms with van der Waals surface area (Å²) in [5.41, 5.74) is 5.29. The molecule has 2 rings (SSSR count). The molecule has 0 aliphatic rings. The van der Waals surface area contributed by atoms with E-state index in [1.807, 2.05) is 12.1 Å². The van der Waals surface area contributed by atoms with E-state index in [4.69, 9.17) is 0 Å². The summed E-state index contributed by atoms with van der Waals surface area (Å²) in [6.07, 6.45) is 0. The van der Waals surface area contributed by atoms with Gasteiger partial charge in [-0.2, -0.15) is 0 Å². The van der Waals surface area contributed by atoms with Crippen LogP contribution in [0.1, 0.15) is 11.1 Å². The zero-order valence-electron chi connectivity index (χ0n) is 8.54. The van der Waals surface area contributed by atoms with Gasteiger partial charge in [0.1, 0.15) is 0 Å². The highest BCUT2D eigenvalue weighted by atomic mass is 14.1. The van der Waals surface area contributed by atoms with Crippen molar-refractivity contribution >= 4 is 0 Å². The van der Waals surface area contributed by atoms with E-state index in [0.29, 0.717) is 0 Å². The van der Waals surface area contributed by atoms with Gasteiger partial charge in [0.2, 0.25) is 0 Å². The van der Waals surface area contributed by atoms with Gasteiger partial charge in [0.15, 0.2) is 0 Å². The van der Waals surface area contributed by atoms with Gasteiger partial charge in [-0.25, -0.2) is 0 Å². The van der Waals surface area contributed by atoms with E-state index in [0.717, 1.165) is 0 Å². The molecule has 0 heterocycles. The van der Waals surface area contributed by atoms with Crippen LogP contribution < -0.4 is 0 Å². The fourth-order valence-electron chi connectivity index (χ4n) is 1.63. The van der Waals surface area contributed by atoms with Crippen molar-refractivity contribution in [2.45, 2.75) is 13.8 Å². The molecule has 0 heteroatoms. The predicted octanol–water partition coefficient (Wildman–Crippen LogP) is 3.77. The van der Waals surface area contributed by atoms with Crippen LogP contribution in [0, 0.1) is 19.9 Å². The summed E-state index contributed by atoms with van der Waals surface area (Å²) in [4.78, 5) is 0. The van der Waals surface area contributed by atoms with Gasteiger partial charge in [-0.15, -0.1) is 0 Å². The SMILES string of the molecule is Cc1cccc(-c2cc[c]cc2)c1C. The topological polar surface area (TPSA) is 0 Å². The Morgan fingerprint density at radius 2 is 1.64 bits per heavy atom. The molecule has 0 saturated carbocycles. The smallest absolute Gasteiger partial charge is 0.0152 e. The van der Waals surface area contributed by atoms with E-state index < -0.39 is 0 Å². The van der Waals surface area contributed by atoms with Crippen LogP contribution in [-0.2, 0) is 0 Å². The Labute approximate surface area is 85.2 Å². The molecule has 14 heavy (non-hydrogen) atoms. The minimum absolute atomic E-state index is 1.27. The highest BCUT2D eigenvalue weighted by Crippen LogP contribution is 2.24. The third kappa shape index (κ3) is 1.56. The molecule has 69 valence electrons. The van der Waals surface area contributed by atoms with Crippen LogP contribution in [0.3, 0.4) is 0 Å². The lowest BCUT2D eigenvalue weighted by Gasteiger charge is -2.07. The molecule has 2 aromatic carbocycles. The highest BCUT2D eigenvalue weighted by Gasteiger charge is 2.01. The van der Waals surface area contributed by atoms with Crippen molar-refractivity contribution in [3.8, 4) is 11.1 Å². The average molecular weight is 181 g/mol. The van der Waals surface area contributed by atoms with Gasteiger partial charge in [-0.1, -0.05) is 42.5 Å². The molecule has 0 fully saturated rings. The second-order valence-electron chi connectivity index (χ2n) is 3.54. The first-order valence-corrected chi connectivity index (χ1v) is 4.82. The first kappa shape index (κ1) is 9.01. The number of aryl methyl sites for hydroxylation is 1. The summed E-state index contributed by atoms with van der Waals surface area (Å²) in [5, 5.41) is 0. The quantitative estimate of drug-likeness (QED) is 0.628. The summed E-state index contributed by atoms with van der Waals surface area (Å²) in [6.45, 7) is 4.31. The Morgan fingerprint density at radius 1 is 0.929 bits per heavy atom. The molecule has 0 bridgehead atoms. The minimum Gasteiger partial charge on any atom is -0.0614 e. The molecular formula is C14H13. The second kappa shape index (κ2) is 3.67. The number of hydrogen-bond donors (Lipinski definition) is 0. The Hall–Kier alpha value is -1.56. The lowest BCUT2D eigenvalue weighted by Crippen LogP contribution is -1.85. The van der Waals surface area contributed by atoms with Crippen LogP contribution in [0.5, 0.6) is 0 Å². The summed E-state index contributed by atoms with van der Waals surface area (Å²) < 4.78 is 0. The molecule has 0 aliphatic heterocycles. The van der Waals surface area contributed by atoms with Crippen LogP contribution in [0.25, 0.3) is 11.1 Å². The molecular weight excluding hydrogens is 168 g/mol. The van der Waals surface area contributed by atoms with Crippen molar-refractivity contribution in [1.82, 2.24) is 0 Å². The summed E-state index contributed by atoms with van der Waals surface area (Å²) >= 11 is 0. The van der Waals surface area contributed by atoms with E-state index in [1.165, 1.54) is 22.3 Å². The number of rotatable bonds is 1. The first-order chi connectivity index (χ1) is 6.79. The molecule has 0 aliphatic carbocycles. The van der Waals surface area contributed by atoms with Crippen molar-refractivity contribution < 1.29 is 0 Å². The predicted molar refractivity (Wildman–Crippen MR) is 60.2 cm³/mol. The van der Waals surface area contributed by atoms with Gasteiger partial charge in [0.25, 0.3) is 0 Å². The maximum atomic E-state index is 3.04. The van der Waals surface area contributed by atoms with Crippen LogP contribution in [-0.4, -0.2) is 0 Å². The Balaban J connectivity index is 2.58. The van der Waals surface area contributed by atoms with E-state index in [-0.39, 0.29) is 0 Å². The van der Waals surface area contributed by atoms with Gasteiger partial charge in [0, 0.05) is 0 Å². The van der Waals surface area contributed by atoms with Crippen LogP contribution in [0.15, 0.2) is 42.5 Å². The molecule has 0 unspecified atom stereocenters. The van der Waals surface area contributed by atoms with Crippen molar-refractivity contribution in [2.75, 3.05) is 0 Å². The third-order valence-corrected chi connectivity index (χ3v) is 2.63. The van der Waals surface area contributed by atoms with Gasteiger partial charge in [-0.05, 0) is 42.2 Å². The lowest BCUT2D eigenvalue weighted by atomic mass is 9.97. The molecule has 0 aromatic heterocycles. The molecule has 0 amide bonds. The Kier molecular flexibility index (Phi) is 2.36. The second-order valence-corrected chi connectivity index (χ2v) is 3.54. The van der Waals surface area contributed by atoms with E-state index in [1.54, 1.807) is 0 Å². The first-order valence-electron chi connectivity index (χ1n) is 4.82.